The molecular formula is C22H20ClN3O5S. The van der Waals surface area contributed by atoms with Crippen molar-refractivity contribution in [2.24, 2.45) is 5.10 Å². The Morgan fingerprint density at radius 2 is 1.88 bits per heavy atom. The third-order valence-electron chi connectivity index (χ3n) is 4.32. The third kappa shape index (κ3) is 5.57. The molecule has 10 heteroatoms. The molecule has 0 aliphatic carbocycles. The first-order valence-corrected chi connectivity index (χ1v) is 11.2. The van der Waals surface area contributed by atoms with Crippen LogP contribution in [0.1, 0.15) is 5.56 Å². The standard InChI is InChI=1S/C22H20ClN3O5S/c1-31-21-12-16(10-11-20(21)27)14-24-25-22(28)15-26(18-7-5-6-17(23)13-18)32(29,30)19-8-3-2-4-9-19/h2-14,27H,15H2,1H3,(H,25,28)/b24-14-. The fourth-order valence-corrected chi connectivity index (χ4v) is 4.40. The van der Waals surface area contributed by atoms with E-state index >= 15 is 0 Å². The van der Waals surface area contributed by atoms with Crippen LogP contribution in [0.2, 0.25) is 5.02 Å². The van der Waals surface area contributed by atoms with E-state index in [1.165, 1.54) is 43.7 Å². The van der Waals surface area contributed by atoms with E-state index < -0.39 is 22.5 Å². The second kappa shape index (κ2) is 10.2. The Labute approximate surface area is 190 Å². The number of carbonyl (C=O) groups is 1. The number of sulfonamides is 1. The predicted octanol–water partition coefficient (Wildman–Crippen LogP) is 3.40. The van der Waals surface area contributed by atoms with Gasteiger partial charge in [0.15, 0.2) is 11.5 Å². The maximum Gasteiger partial charge on any atom is 0.264 e. The number of phenols is 1. The van der Waals surface area contributed by atoms with Gasteiger partial charge in [-0.3, -0.25) is 9.10 Å². The van der Waals surface area contributed by atoms with Gasteiger partial charge in [0.05, 0.1) is 23.9 Å². The number of carbonyl (C=O) groups excluding carboxylic acids is 1. The number of hydrogen-bond acceptors (Lipinski definition) is 6. The molecule has 0 aliphatic heterocycles. The second-order valence-corrected chi connectivity index (χ2v) is 8.83. The quantitative estimate of drug-likeness (QED) is 0.385. The lowest BCUT2D eigenvalue weighted by molar-refractivity contribution is -0.119. The summed E-state index contributed by atoms with van der Waals surface area (Å²) in [5, 5.41) is 13.8. The summed E-state index contributed by atoms with van der Waals surface area (Å²) in [7, 11) is -2.63. The fraction of sp³-hybridized carbons (Fsp3) is 0.0909. The Morgan fingerprint density at radius 1 is 1.12 bits per heavy atom. The number of ether oxygens (including phenoxy) is 1. The normalized spacial score (nSPS) is 11.3. The molecular weight excluding hydrogens is 454 g/mol. The minimum Gasteiger partial charge on any atom is -0.504 e. The van der Waals surface area contributed by atoms with Crippen LogP contribution in [0, 0.1) is 0 Å². The number of anilines is 1. The summed E-state index contributed by atoms with van der Waals surface area (Å²) >= 11 is 6.04. The molecule has 0 heterocycles. The van der Waals surface area contributed by atoms with Gasteiger partial charge >= 0.3 is 0 Å². The summed E-state index contributed by atoms with van der Waals surface area (Å²) in [5.41, 5.74) is 3.11. The maximum absolute atomic E-state index is 13.2. The minimum atomic E-state index is -4.04. The monoisotopic (exact) mass is 473 g/mol. The Balaban J connectivity index is 1.81. The minimum absolute atomic E-state index is 0.0306. The highest BCUT2D eigenvalue weighted by Gasteiger charge is 2.27. The van der Waals surface area contributed by atoms with Gasteiger partial charge in [0.1, 0.15) is 6.54 Å². The highest BCUT2D eigenvalue weighted by molar-refractivity contribution is 7.92. The van der Waals surface area contributed by atoms with Crippen molar-refractivity contribution in [1.29, 1.82) is 0 Å². The Kier molecular flexibility index (Phi) is 7.34. The zero-order chi connectivity index (χ0) is 23.1. The van der Waals surface area contributed by atoms with Gasteiger partial charge in [0, 0.05) is 5.02 Å². The molecule has 0 atom stereocenters. The molecule has 3 aromatic carbocycles. The summed E-state index contributed by atoms with van der Waals surface area (Å²) in [4.78, 5) is 12.6. The molecule has 0 aliphatic rings. The van der Waals surface area contributed by atoms with Crippen molar-refractivity contribution in [3.8, 4) is 11.5 Å². The molecule has 0 unspecified atom stereocenters. The highest BCUT2D eigenvalue weighted by Crippen LogP contribution is 2.26. The van der Waals surface area contributed by atoms with Gasteiger partial charge in [0.25, 0.3) is 15.9 Å². The first-order valence-electron chi connectivity index (χ1n) is 9.33. The first kappa shape index (κ1) is 23.1. The van der Waals surface area contributed by atoms with Gasteiger partial charge in [-0.1, -0.05) is 35.9 Å². The van der Waals surface area contributed by atoms with E-state index in [0.29, 0.717) is 10.6 Å². The number of rotatable bonds is 8. The number of amides is 1. The van der Waals surface area contributed by atoms with Crippen molar-refractivity contribution in [2.75, 3.05) is 18.0 Å². The van der Waals surface area contributed by atoms with Gasteiger partial charge in [0.2, 0.25) is 0 Å². The number of nitrogens with one attached hydrogen (secondary N) is 1. The van der Waals surface area contributed by atoms with Gasteiger partial charge < -0.3 is 9.84 Å². The van der Waals surface area contributed by atoms with Crippen LogP contribution in [0.3, 0.4) is 0 Å². The lowest BCUT2D eigenvalue weighted by atomic mass is 10.2. The molecule has 0 radical (unpaired) electrons. The van der Waals surface area contributed by atoms with Crippen LogP contribution in [0.4, 0.5) is 5.69 Å². The molecule has 32 heavy (non-hydrogen) atoms. The van der Waals surface area contributed by atoms with Gasteiger partial charge in [-0.2, -0.15) is 5.10 Å². The Morgan fingerprint density at radius 3 is 2.56 bits per heavy atom. The molecule has 0 saturated carbocycles. The van der Waals surface area contributed by atoms with E-state index in [1.807, 2.05) is 0 Å². The maximum atomic E-state index is 13.2. The molecule has 0 bridgehead atoms. The van der Waals surface area contributed by atoms with Gasteiger partial charge in [-0.15, -0.1) is 0 Å². The van der Waals surface area contributed by atoms with Gasteiger partial charge in [-0.25, -0.2) is 13.8 Å². The topological polar surface area (TPSA) is 108 Å². The fourth-order valence-electron chi connectivity index (χ4n) is 2.79. The van der Waals surface area contributed by atoms with Crippen LogP contribution >= 0.6 is 11.6 Å². The van der Waals surface area contributed by atoms with Crippen LogP contribution in [0.25, 0.3) is 0 Å². The molecule has 0 spiro atoms. The largest absolute Gasteiger partial charge is 0.504 e. The van der Waals surface area contributed by atoms with Crippen LogP contribution in [-0.4, -0.2) is 39.3 Å². The van der Waals surface area contributed by atoms with E-state index in [0.717, 1.165) is 4.31 Å². The lowest BCUT2D eigenvalue weighted by Crippen LogP contribution is -2.39. The second-order valence-electron chi connectivity index (χ2n) is 6.53. The molecule has 0 aromatic heterocycles. The summed E-state index contributed by atoms with van der Waals surface area (Å²) in [6.07, 6.45) is 1.34. The number of aromatic hydroxyl groups is 1. The van der Waals surface area contributed by atoms with E-state index in [4.69, 9.17) is 16.3 Å². The van der Waals surface area contributed by atoms with Crippen molar-refractivity contribution in [3.05, 3.63) is 83.4 Å². The number of phenolic OH excluding ortho intramolecular Hbond substituents is 1. The predicted molar refractivity (Wildman–Crippen MR) is 123 cm³/mol. The van der Waals surface area contributed by atoms with E-state index in [9.17, 15) is 18.3 Å². The smallest absolute Gasteiger partial charge is 0.264 e. The van der Waals surface area contributed by atoms with Crippen LogP contribution in [0.15, 0.2) is 82.8 Å². The third-order valence-corrected chi connectivity index (χ3v) is 6.34. The first-order chi connectivity index (χ1) is 15.3. The van der Waals surface area contributed by atoms with Gasteiger partial charge in [-0.05, 0) is 54.1 Å². The molecule has 0 saturated heterocycles. The van der Waals surface area contributed by atoms with E-state index in [1.54, 1.807) is 42.5 Å². The highest BCUT2D eigenvalue weighted by atomic mass is 35.5. The summed E-state index contributed by atoms with van der Waals surface area (Å²) in [5.74, 6) is -0.440. The summed E-state index contributed by atoms with van der Waals surface area (Å²) in [6, 6.07) is 18.5. The van der Waals surface area contributed by atoms with Crippen molar-refractivity contribution >= 4 is 39.4 Å². The van der Waals surface area contributed by atoms with Crippen molar-refractivity contribution < 1.29 is 23.1 Å². The molecule has 0 fully saturated rings. The van der Waals surface area contributed by atoms with Crippen LogP contribution < -0.4 is 14.5 Å². The zero-order valence-electron chi connectivity index (χ0n) is 17.0. The average Bonchev–Trinajstić information content (AvgIpc) is 2.79. The van der Waals surface area contributed by atoms with Crippen LogP contribution in [-0.2, 0) is 14.8 Å². The molecule has 3 rings (SSSR count). The van der Waals surface area contributed by atoms with Crippen molar-refractivity contribution in [3.63, 3.8) is 0 Å². The van der Waals surface area contributed by atoms with Crippen LogP contribution in [0.5, 0.6) is 11.5 Å². The number of halogens is 1. The number of hydrogen-bond donors (Lipinski definition) is 2. The SMILES string of the molecule is COc1cc(/C=N\NC(=O)CN(c2cccc(Cl)c2)S(=O)(=O)c2ccccc2)ccc1O. The molecule has 8 nitrogen and oxygen atoms in total. The molecule has 166 valence electrons. The molecule has 2 N–H and O–H groups in total. The Bertz CT molecular complexity index is 1230. The summed E-state index contributed by atoms with van der Waals surface area (Å²) in [6.45, 7) is -0.520. The molecule has 1 amide bonds. The van der Waals surface area contributed by atoms with E-state index in [-0.39, 0.29) is 22.1 Å². The number of nitrogens with zero attached hydrogens (tertiary/aromatic N) is 2. The molecule has 3 aromatic rings. The Hall–Kier alpha value is -3.56. The summed E-state index contributed by atoms with van der Waals surface area (Å²) < 4.78 is 32.4. The number of hydrazone groups is 1. The number of benzene rings is 3. The number of methoxy groups -OCH3 is 1. The van der Waals surface area contributed by atoms with E-state index in [2.05, 4.69) is 10.5 Å². The van der Waals surface area contributed by atoms with Crippen molar-refractivity contribution in [2.45, 2.75) is 4.90 Å². The van der Waals surface area contributed by atoms with Crippen molar-refractivity contribution in [1.82, 2.24) is 5.43 Å². The average molecular weight is 474 g/mol. The zero-order valence-corrected chi connectivity index (χ0v) is 18.5. The lowest BCUT2D eigenvalue weighted by Gasteiger charge is -2.23.